The number of amides is 1. The van der Waals surface area contributed by atoms with Gasteiger partial charge in [-0.05, 0) is 29.8 Å². The molecule has 8 heteroatoms. The van der Waals surface area contributed by atoms with E-state index in [2.05, 4.69) is 25.9 Å². The van der Waals surface area contributed by atoms with Crippen molar-refractivity contribution in [3.63, 3.8) is 0 Å². The minimum absolute atomic E-state index is 0.114. The molecule has 8 nitrogen and oxygen atoms in total. The van der Waals surface area contributed by atoms with Gasteiger partial charge in [0.05, 0.1) is 0 Å². The van der Waals surface area contributed by atoms with Crippen LogP contribution < -0.4 is 9.47 Å². The molecular weight excluding hydrogens is 312 g/mol. The quantitative estimate of drug-likeness (QED) is 0.832. The zero-order chi connectivity index (χ0) is 16.5. The van der Waals surface area contributed by atoms with Crippen LogP contribution in [0.5, 0.6) is 11.5 Å². The number of rotatable bonds is 3. The number of fused-ring (bicyclic) bond motifs is 1. The molecule has 1 fully saturated rings. The van der Waals surface area contributed by atoms with Gasteiger partial charge in [-0.1, -0.05) is 11.2 Å². The van der Waals surface area contributed by atoms with Crippen molar-refractivity contribution >= 4 is 5.91 Å². The standard InChI is InChI=1S/C16H18N4O4/c1-11-15(18-24-17-11)16(21)20-6-4-19(5-7-20)9-12-2-3-13-14(8-12)23-10-22-13/h2-3,8H,4-7,9-10H2,1H3. The third kappa shape index (κ3) is 2.80. The maximum Gasteiger partial charge on any atom is 0.278 e. The Labute approximate surface area is 138 Å². The summed E-state index contributed by atoms with van der Waals surface area (Å²) in [4.78, 5) is 16.5. The van der Waals surface area contributed by atoms with Crippen molar-refractivity contribution in [2.45, 2.75) is 13.5 Å². The zero-order valence-corrected chi connectivity index (χ0v) is 13.4. The molecule has 1 amide bonds. The second-order valence-electron chi connectivity index (χ2n) is 5.95. The Morgan fingerprint density at radius 3 is 2.67 bits per heavy atom. The molecule has 1 aromatic carbocycles. The fourth-order valence-electron chi connectivity index (χ4n) is 2.98. The lowest BCUT2D eigenvalue weighted by atomic mass is 10.1. The fourth-order valence-corrected chi connectivity index (χ4v) is 2.98. The zero-order valence-electron chi connectivity index (χ0n) is 13.4. The Balaban J connectivity index is 1.35. The van der Waals surface area contributed by atoms with Crippen LogP contribution >= 0.6 is 0 Å². The second-order valence-corrected chi connectivity index (χ2v) is 5.95. The predicted molar refractivity (Wildman–Crippen MR) is 82.8 cm³/mol. The maximum absolute atomic E-state index is 12.4. The van der Waals surface area contributed by atoms with Crippen LogP contribution in [-0.4, -0.2) is 59.0 Å². The van der Waals surface area contributed by atoms with Gasteiger partial charge in [0, 0.05) is 32.7 Å². The average molecular weight is 330 g/mol. The van der Waals surface area contributed by atoms with Gasteiger partial charge in [-0.15, -0.1) is 0 Å². The number of aromatic nitrogens is 2. The molecule has 0 radical (unpaired) electrons. The lowest BCUT2D eigenvalue weighted by Gasteiger charge is -2.34. The molecule has 126 valence electrons. The average Bonchev–Trinajstić information content (AvgIpc) is 3.23. The number of carbonyl (C=O) groups is 1. The van der Waals surface area contributed by atoms with E-state index in [1.165, 1.54) is 5.56 Å². The molecule has 24 heavy (non-hydrogen) atoms. The van der Waals surface area contributed by atoms with Crippen molar-refractivity contribution < 1.29 is 18.9 Å². The van der Waals surface area contributed by atoms with Crippen LogP contribution in [0, 0.1) is 6.92 Å². The van der Waals surface area contributed by atoms with E-state index in [0.29, 0.717) is 24.5 Å². The van der Waals surface area contributed by atoms with Crippen LogP contribution in [0.2, 0.25) is 0 Å². The van der Waals surface area contributed by atoms with Crippen molar-refractivity contribution in [2.24, 2.45) is 0 Å². The van der Waals surface area contributed by atoms with Gasteiger partial charge in [0.2, 0.25) is 6.79 Å². The van der Waals surface area contributed by atoms with E-state index in [0.717, 1.165) is 31.1 Å². The molecule has 2 aromatic rings. The molecular formula is C16H18N4O4. The highest BCUT2D eigenvalue weighted by molar-refractivity contribution is 5.93. The van der Waals surface area contributed by atoms with Gasteiger partial charge in [0.15, 0.2) is 17.2 Å². The molecule has 0 spiro atoms. The highest BCUT2D eigenvalue weighted by Gasteiger charge is 2.26. The summed E-state index contributed by atoms with van der Waals surface area (Å²) in [7, 11) is 0. The normalized spacial score (nSPS) is 17.3. The summed E-state index contributed by atoms with van der Waals surface area (Å²) < 4.78 is 15.4. The Morgan fingerprint density at radius 1 is 1.12 bits per heavy atom. The SMILES string of the molecule is Cc1nonc1C(=O)N1CCN(Cc2ccc3c(c2)OCO3)CC1. The number of benzene rings is 1. The first-order valence-electron chi connectivity index (χ1n) is 7.90. The second kappa shape index (κ2) is 6.12. The molecule has 2 aliphatic heterocycles. The monoisotopic (exact) mass is 330 g/mol. The van der Waals surface area contributed by atoms with E-state index in [1.807, 2.05) is 12.1 Å². The highest BCUT2D eigenvalue weighted by atomic mass is 16.7. The van der Waals surface area contributed by atoms with E-state index in [-0.39, 0.29) is 12.7 Å². The highest BCUT2D eigenvalue weighted by Crippen LogP contribution is 2.32. The molecule has 0 bridgehead atoms. The van der Waals surface area contributed by atoms with Gasteiger partial charge in [-0.25, -0.2) is 4.63 Å². The first-order valence-corrected chi connectivity index (χ1v) is 7.90. The smallest absolute Gasteiger partial charge is 0.278 e. The van der Waals surface area contributed by atoms with E-state index in [4.69, 9.17) is 9.47 Å². The van der Waals surface area contributed by atoms with Gasteiger partial charge >= 0.3 is 0 Å². The van der Waals surface area contributed by atoms with Crippen molar-refractivity contribution in [3.8, 4) is 11.5 Å². The molecule has 1 aromatic heterocycles. The van der Waals surface area contributed by atoms with Gasteiger partial charge in [-0.2, -0.15) is 0 Å². The van der Waals surface area contributed by atoms with Crippen molar-refractivity contribution in [3.05, 3.63) is 35.2 Å². The largest absolute Gasteiger partial charge is 0.454 e. The fraction of sp³-hybridized carbons (Fsp3) is 0.438. The van der Waals surface area contributed by atoms with Gasteiger partial charge in [0.1, 0.15) is 5.69 Å². The van der Waals surface area contributed by atoms with Crippen LogP contribution in [-0.2, 0) is 6.54 Å². The van der Waals surface area contributed by atoms with Crippen LogP contribution in [0.25, 0.3) is 0 Å². The van der Waals surface area contributed by atoms with Crippen LogP contribution in [0.15, 0.2) is 22.8 Å². The predicted octanol–water partition coefficient (Wildman–Crippen LogP) is 1.06. The number of hydrogen-bond acceptors (Lipinski definition) is 7. The molecule has 4 rings (SSSR count). The minimum atomic E-state index is -0.114. The van der Waals surface area contributed by atoms with Crippen molar-refractivity contribution in [1.82, 2.24) is 20.1 Å². The molecule has 0 atom stereocenters. The molecule has 0 unspecified atom stereocenters. The Bertz CT molecular complexity index is 752. The first kappa shape index (κ1) is 14.9. The lowest BCUT2D eigenvalue weighted by Crippen LogP contribution is -2.48. The number of carbonyl (C=O) groups excluding carboxylic acids is 1. The van der Waals surface area contributed by atoms with Crippen LogP contribution in [0.3, 0.4) is 0 Å². The Hall–Kier alpha value is -2.61. The summed E-state index contributed by atoms with van der Waals surface area (Å²) in [5.41, 5.74) is 2.01. The lowest BCUT2D eigenvalue weighted by molar-refractivity contribution is 0.0617. The number of aryl methyl sites for hydroxylation is 1. The van der Waals surface area contributed by atoms with Crippen LogP contribution in [0.1, 0.15) is 21.7 Å². The van der Waals surface area contributed by atoms with E-state index in [9.17, 15) is 4.79 Å². The molecule has 1 saturated heterocycles. The minimum Gasteiger partial charge on any atom is -0.454 e. The van der Waals surface area contributed by atoms with Gasteiger partial charge < -0.3 is 14.4 Å². The molecule has 0 aliphatic carbocycles. The Kier molecular flexibility index (Phi) is 3.81. The van der Waals surface area contributed by atoms with Gasteiger partial charge in [-0.3, -0.25) is 9.69 Å². The summed E-state index contributed by atoms with van der Waals surface area (Å²) in [5.74, 6) is 1.48. The van der Waals surface area contributed by atoms with E-state index in [1.54, 1.807) is 11.8 Å². The topological polar surface area (TPSA) is 80.9 Å². The maximum atomic E-state index is 12.4. The summed E-state index contributed by atoms with van der Waals surface area (Å²) in [6, 6.07) is 6.01. The van der Waals surface area contributed by atoms with E-state index < -0.39 is 0 Å². The molecule has 3 heterocycles. The summed E-state index contributed by atoms with van der Waals surface area (Å²) in [6.45, 7) is 5.78. The third-order valence-corrected chi connectivity index (χ3v) is 4.36. The summed E-state index contributed by atoms with van der Waals surface area (Å²) in [5, 5.41) is 7.36. The van der Waals surface area contributed by atoms with Crippen molar-refractivity contribution in [1.29, 1.82) is 0 Å². The first-order chi connectivity index (χ1) is 11.7. The number of nitrogens with zero attached hydrogens (tertiary/aromatic N) is 4. The van der Waals surface area contributed by atoms with Crippen molar-refractivity contribution in [2.75, 3.05) is 33.0 Å². The number of piperazine rings is 1. The number of hydrogen-bond donors (Lipinski definition) is 0. The molecule has 0 N–H and O–H groups in total. The van der Waals surface area contributed by atoms with Gasteiger partial charge in [0.25, 0.3) is 5.91 Å². The Morgan fingerprint density at radius 2 is 1.92 bits per heavy atom. The molecule has 0 saturated carbocycles. The third-order valence-electron chi connectivity index (χ3n) is 4.36. The van der Waals surface area contributed by atoms with E-state index >= 15 is 0 Å². The molecule has 2 aliphatic rings. The summed E-state index contributed by atoms with van der Waals surface area (Å²) >= 11 is 0. The van der Waals surface area contributed by atoms with Crippen LogP contribution in [0.4, 0.5) is 0 Å². The number of ether oxygens (including phenoxy) is 2. The summed E-state index contributed by atoms with van der Waals surface area (Å²) in [6.07, 6.45) is 0.